The van der Waals surface area contributed by atoms with E-state index in [2.05, 4.69) is 27.0 Å². The lowest BCUT2D eigenvalue weighted by Gasteiger charge is -1.97. The minimum Gasteiger partial charge on any atom is -0.351 e. The van der Waals surface area contributed by atoms with Crippen molar-refractivity contribution in [1.82, 2.24) is 4.98 Å². The minimum absolute atomic E-state index is 0.659. The second kappa shape index (κ2) is 3.24. The summed E-state index contributed by atoms with van der Waals surface area (Å²) in [6.45, 7) is 3.99. The Bertz CT molecular complexity index is 513. The number of benzene rings is 1. The SMILES string of the molecule is Cc1cc(Br)c2[nH]c(C=O)c(C)c2c1. The molecular weight excluding hydrogens is 242 g/mol. The Morgan fingerprint density at radius 3 is 2.71 bits per heavy atom. The van der Waals surface area contributed by atoms with Gasteiger partial charge < -0.3 is 4.98 Å². The number of H-pyrrole nitrogens is 1. The number of aryl methyl sites for hydroxylation is 2. The van der Waals surface area contributed by atoms with Crippen LogP contribution in [0, 0.1) is 13.8 Å². The molecule has 0 aliphatic heterocycles. The van der Waals surface area contributed by atoms with Crippen LogP contribution in [0.25, 0.3) is 10.9 Å². The van der Waals surface area contributed by atoms with Crippen LogP contribution in [-0.2, 0) is 0 Å². The van der Waals surface area contributed by atoms with E-state index in [4.69, 9.17) is 0 Å². The van der Waals surface area contributed by atoms with Crippen molar-refractivity contribution in [1.29, 1.82) is 0 Å². The van der Waals surface area contributed by atoms with E-state index < -0.39 is 0 Å². The molecule has 0 radical (unpaired) electrons. The van der Waals surface area contributed by atoms with Gasteiger partial charge in [0.15, 0.2) is 6.29 Å². The summed E-state index contributed by atoms with van der Waals surface area (Å²) in [6, 6.07) is 4.12. The van der Waals surface area contributed by atoms with Gasteiger partial charge in [-0.2, -0.15) is 0 Å². The molecule has 1 N–H and O–H groups in total. The summed E-state index contributed by atoms with van der Waals surface area (Å²) < 4.78 is 1.00. The van der Waals surface area contributed by atoms with Crippen molar-refractivity contribution in [2.45, 2.75) is 13.8 Å². The van der Waals surface area contributed by atoms with Crippen LogP contribution in [0.1, 0.15) is 21.6 Å². The minimum atomic E-state index is 0.659. The lowest BCUT2D eigenvalue weighted by Crippen LogP contribution is -1.80. The molecule has 3 heteroatoms. The lowest BCUT2D eigenvalue weighted by atomic mass is 10.1. The average molecular weight is 252 g/mol. The first-order valence-corrected chi connectivity index (χ1v) is 5.16. The van der Waals surface area contributed by atoms with Crippen molar-refractivity contribution in [2.24, 2.45) is 0 Å². The maximum Gasteiger partial charge on any atom is 0.166 e. The highest BCUT2D eigenvalue weighted by molar-refractivity contribution is 9.10. The van der Waals surface area contributed by atoms with E-state index in [0.29, 0.717) is 5.69 Å². The van der Waals surface area contributed by atoms with E-state index in [0.717, 1.165) is 27.2 Å². The number of aromatic amines is 1. The molecule has 0 saturated heterocycles. The Kier molecular flexibility index (Phi) is 2.19. The first-order chi connectivity index (χ1) is 6.63. The molecule has 0 amide bonds. The summed E-state index contributed by atoms with van der Waals surface area (Å²) in [6.07, 6.45) is 0.858. The predicted octanol–water partition coefficient (Wildman–Crippen LogP) is 3.36. The van der Waals surface area contributed by atoms with Crippen LogP contribution in [0.5, 0.6) is 0 Å². The summed E-state index contributed by atoms with van der Waals surface area (Å²) >= 11 is 3.48. The molecular formula is C11H10BrNO. The van der Waals surface area contributed by atoms with Gasteiger partial charge in [-0.05, 0) is 53.0 Å². The molecule has 0 atom stereocenters. The zero-order valence-corrected chi connectivity index (χ0v) is 9.60. The smallest absolute Gasteiger partial charge is 0.166 e. The molecule has 2 nitrogen and oxygen atoms in total. The van der Waals surface area contributed by atoms with Crippen LogP contribution >= 0.6 is 15.9 Å². The normalized spacial score (nSPS) is 10.8. The van der Waals surface area contributed by atoms with Crippen molar-refractivity contribution in [2.75, 3.05) is 0 Å². The second-order valence-corrected chi connectivity index (χ2v) is 4.31. The number of nitrogens with one attached hydrogen (secondary N) is 1. The highest BCUT2D eigenvalue weighted by Gasteiger charge is 2.09. The van der Waals surface area contributed by atoms with E-state index >= 15 is 0 Å². The Balaban J connectivity index is 2.91. The third kappa shape index (κ3) is 1.28. The van der Waals surface area contributed by atoms with Gasteiger partial charge in [0, 0.05) is 9.86 Å². The van der Waals surface area contributed by atoms with Gasteiger partial charge in [0.25, 0.3) is 0 Å². The molecule has 0 spiro atoms. The Morgan fingerprint density at radius 2 is 2.07 bits per heavy atom. The van der Waals surface area contributed by atoms with Gasteiger partial charge in [-0.1, -0.05) is 0 Å². The highest BCUT2D eigenvalue weighted by atomic mass is 79.9. The van der Waals surface area contributed by atoms with Crippen molar-refractivity contribution < 1.29 is 4.79 Å². The molecule has 0 saturated carbocycles. The molecule has 72 valence electrons. The average Bonchev–Trinajstić information content (AvgIpc) is 2.44. The summed E-state index contributed by atoms with van der Waals surface area (Å²) in [5.74, 6) is 0. The third-order valence-corrected chi connectivity index (χ3v) is 3.05. The number of carbonyl (C=O) groups excluding carboxylic acids is 1. The van der Waals surface area contributed by atoms with E-state index in [1.165, 1.54) is 5.56 Å². The number of aldehydes is 1. The Hall–Kier alpha value is -1.09. The number of hydrogen-bond donors (Lipinski definition) is 1. The first-order valence-electron chi connectivity index (χ1n) is 4.37. The fourth-order valence-corrected chi connectivity index (χ4v) is 2.33. The third-order valence-electron chi connectivity index (χ3n) is 2.42. The van der Waals surface area contributed by atoms with Crippen LogP contribution in [-0.4, -0.2) is 11.3 Å². The topological polar surface area (TPSA) is 32.9 Å². The molecule has 0 fully saturated rings. The first kappa shape index (κ1) is 9.46. The van der Waals surface area contributed by atoms with Gasteiger partial charge >= 0.3 is 0 Å². The quantitative estimate of drug-likeness (QED) is 0.775. The van der Waals surface area contributed by atoms with E-state index in [1.807, 2.05) is 19.9 Å². The number of aromatic nitrogens is 1. The van der Waals surface area contributed by atoms with Crippen LogP contribution in [0.4, 0.5) is 0 Å². The van der Waals surface area contributed by atoms with Gasteiger partial charge in [0.2, 0.25) is 0 Å². The fourth-order valence-electron chi connectivity index (χ4n) is 1.66. The standard InChI is InChI=1S/C11H10BrNO/c1-6-3-8-7(2)10(5-14)13-11(8)9(12)4-6/h3-5,13H,1-2H3. The van der Waals surface area contributed by atoms with Crippen LogP contribution in [0.15, 0.2) is 16.6 Å². The number of fused-ring (bicyclic) bond motifs is 1. The molecule has 2 aromatic rings. The molecule has 0 bridgehead atoms. The molecule has 0 unspecified atom stereocenters. The van der Waals surface area contributed by atoms with Crippen molar-refractivity contribution >= 4 is 33.1 Å². The van der Waals surface area contributed by atoms with Gasteiger partial charge in [-0.3, -0.25) is 4.79 Å². The summed E-state index contributed by atoms with van der Waals surface area (Å²) in [4.78, 5) is 13.8. The summed E-state index contributed by atoms with van der Waals surface area (Å²) in [7, 11) is 0. The van der Waals surface area contributed by atoms with Crippen molar-refractivity contribution in [3.8, 4) is 0 Å². The molecule has 2 rings (SSSR count). The Morgan fingerprint density at radius 1 is 1.36 bits per heavy atom. The van der Waals surface area contributed by atoms with E-state index in [-0.39, 0.29) is 0 Å². The van der Waals surface area contributed by atoms with Crippen molar-refractivity contribution in [3.05, 3.63) is 33.4 Å². The molecule has 1 aromatic heterocycles. The number of rotatable bonds is 1. The fraction of sp³-hybridized carbons (Fsp3) is 0.182. The van der Waals surface area contributed by atoms with E-state index in [1.54, 1.807) is 0 Å². The van der Waals surface area contributed by atoms with Crippen molar-refractivity contribution in [3.63, 3.8) is 0 Å². The largest absolute Gasteiger partial charge is 0.351 e. The predicted molar refractivity (Wildman–Crippen MR) is 60.9 cm³/mol. The van der Waals surface area contributed by atoms with Gasteiger partial charge in [0.05, 0.1) is 11.2 Å². The number of carbonyl (C=O) groups is 1. The molecule has 1 aromatic carbocycles. The molecule has 0 aliphatic carbocycles. The zero-order valence-electron chi connectivity index (χ0n) is 8.02. The monoisotopic (exact) mass is 251 g/mol. The zero-order chi connectivity index (χ0) is 10.3. The Labute approximate surface area is 90.4 Å². The van der Waals surface area contributed by atoms with Crippen LogP contribution in [0.2, 0.25) is 0 Å². The molecule has 1 heterocycles. The van der Waals surface area contributed by atoms with E-state index in [9.17, 15) is 4.79 Å². The summed E-state index contributed by atoms with van der Waals surface area (Å²) in [5.41, 5.74) is 3.85. The van der Waals surface area contributed by atoms with Gasteiger partial charge in [0.1, 0.15) is 0 Å². The van der Waals surface area contributed by atoms with Gasteiger partial charge in [-0.25, -0.2) is 0 Å². The number of hydrogen-bond acceptors (Lipinski definition) is 1. The van der Waals surface area contributed by atoms with Crippen LogP contribution in [0.3, 0.4) is 0 Å². The maximum absolute atomic E-state index is 10.7. The second-order valence-electron chi connectivity index (χ2n) is 3.45. The molecule has 0 aliphatic rings. The van der Waals surface area contributed by atoms with Crippen LogP contribution < -0.4 is 0 Å². The molecule has 14 heavy (non-hydrogen) atoms. The number of halogens is 1. The maximum atomic E-state index is 10.7. The highest BCUT2D eigenvalue weighted by Crippen LogP contribution is 2.28. The lowest BCUT2D eigenvalue weighted by molar-refractivity contribution is 0.111. The van der Waals surface area contributed by atoms with Gasteiger partial charge in [-0.15, -0.1) is 0 Å². The summed E-state index contributed by atoms with van der Waals surface area (Å²) in [5, 5.41) is 1.11.